The summed E-state index contributed by atoms with van der Waals surface area (Å²) < 4.78 is 5.21. The minimum absolute atomic E-state index is 0.0618. The molecule has 0 aromatic heterocycles. The Kier molecular flexibility index (Phi) is 6.22. The van der Waals surface area contributed by atoms with Crippen LogP contribution in [0.1, 0.15) is 16.7 Å². The molecule has 0 bridgehead atoms. The highest BCUT2D eigenvalue weighted by atomic mass is 16.5. The van der Waals surface area contributed by atoms with Crippen molar-refractivity contribution < 1.29 is 14.3 Å². The maximum atomic E-state index is 12.3. The smallest absolute Gasteiger partial charge is 0.322 e. The van der Waals surface area contributed by atoms with Crippen LogP contribution in [0.4, 0.5) is 16.2 Å². The molecule has 3 amide bonds. The molecule has 0 radical (unpaired) electrons. The van der Waals surface area contributed by atoms with Crippen LogP contribution >= 0.6 is 0 Å². The lowest BCUT2D eigenvalue weighted by Crippen LogP contribution is -2.37. The number of para-hydroxylation sites is 2. The fourth-order valence-corrected chi connectivity index (χ4v) is 2.80. The predicted octanol–water partition coefficient (Wildman–Crippen LogP) is 3.72. The van der Waals surface area contributed by atoms with Crippen LogP contribution in [0.2, 0.25) is 0 Å². The fraction of sp³-hybridized carbons (Fsp3) is 0.300. The molecule has 2 rings (SSSR count). The highest BCUT2D eigenvalue weighted by Gasteiger charge is 2.16. The summed E-state index contributed by atoms with van der Waals surface area (Å²) in [6.45, 7) is 5.86. The zero-order valence-electron chi connectivity index (χ0n) is 15.8. The van der Waals surface area contributed by atoms with Gasteiger partial charge < -0.3 is 20.3 Å². The van der Waals surface area contributed by atoms with Crippen LogP contribution < -0.4 is 15.4 Å². The van der Waals surface area contributed by atoms with Gasteiger partial charge in [-0.25, -0.2) is 4.79 Å². The maximum absolute atomic E-state index is 12.3. The van der Waals surface area contributed by atoms with Gasteiger partial charge in [-0.15, -0.1) is 0 Å². The molecule has 0 aliphatic carbocycles. The second kappa shape index (κ2) is 8.38. The van der Waals surface area contributed by atoms with Crippen LogP contribution in [-0.2, 0) is 4.79 Å². The van der Waals surface area contributed by atoms with E-state index >= 15 is 0 Å². The molecule has 138 valence electrons. The van der Waals surface area contributed by atoms with E-state index in [9.17, 15) is 9.59 Å². The van der Waals surface area contributed by atoms with Gasteiger partial charge in [-0.05, 0) is 44.0 Å². The number of carbonyl (C=O) groups is 2. The minimum Gasteiger partial charge on any atom is -0.495 e. The molecule has 0 unspecified atom stereocenters. The van der Waals surface area contributed by atoms with Crippen LogP contribution in [-0.4, -0.2) is 37.5 Å². The Morgan fingerprint density at radius 3 is 2.27 bits per heavy atom. The number of aryl methyl sites for hydroxylation is 3. The number of urea groups is 1. The summed E-state index contributed by atoms with van der Waals surface area (Å²) in [5.41, 5.74) is 4.48. The molecule has 26 heavy (non-hydrogen) atoms. The number of hydrogen-bond donors (Lipinski definition) is 2. The van der Waals surface area contributed by atoms with Gasteiger partial charge in [0.1, 0.15) is 12.3 Å². The fourth-order valence-electron chi connectivity index (χ4n) is 2.80. The number of methoxy groups -OCH3 is 1. The number of benzene rings is 2. The maximum Gasteiger partial charge on any atom is 0.322 e. The van der Waals surface area contributed by atoms with Crippen molar-refractivity contribution in [1.29, 1.82) is 0 Å². The van der Waals surface area contributed by atoms with E-state index < -0.39 is 0 Å². The summed E-state index contributed by atoms with van der Waals surface area (Å²) in [6, 6.07) is 10.8. The SMILES string of the molecule is COc1ccccc1NC(=O)N(C)CC(=O)Nc1c(C)cc(C)cc1C. The molecule has 0 aliphatic heterocycles. The van der Waals surface area contributed by atoms with Crippen molar-refractivity contribution >= 4 is 23.3 Å². The Morgan fingerprint density at radius 2 is 1.65 bits per heavy atom. The van der Waals surface area contributed by atoms with Gasteiger partial charge >= 0.3 is 6.03 Å². The van der Waals surface area contributed by atoms with Gasteiger partial charge in [0.25, 0.3) is 0 Å². The molecule has 2 aromatic carbocycles. The van der Waals surface area contributed by atoms with Crippen LogP contribution in [0, 0.1) is 20.8 Å². The first-order valence-electron chi connectivity index (χ1n) is 8.34. The van der Waals surface area contributed by atoms with Gasteiger partial charge in [0.15, 0.2) is 0 Å². The van der Waals surface area contributed by atoms with E-state index in [0.717, 1.165) is 22.4 Å². The first kappa shape index (κ1) is 19.3. The van der Waals surface area contributed by atoms with Crippen molar-refractivity contribution in [1.82, 2.24) is 4.90 Å². The molecule has 0 aliphatic rings. The van der Waals surface area contributed by atoms with Gasteiger partial charge in [-0.2, -0.15) is 0 Å². The number of likely N-dealkylation sites (N-methyl/N-ethyl adjacent to an activating group) is 1. The lowest BCUT2D eigenvalue weighted by molar-refractivity contribution is -0.116. The number of rotatable bonds is 5. The second-order valence-electron chi connectivity index (χ2n) is 6.31. The first-order chi connectivity index (χ1) is 12.3. The number of ether oxygens (including phenoxy) is 1. The summed E-state index contributed by atoms with van der Waals surface area (Å²) in [6.07, 6.45) is 0. The normalized spacial score (nSPS) is 10.2. The monoisotopic (exact) mass is 355 g/mol. The summed E-state index contributed by atoms with van der Waals surface area (Å²) in [5, 5.41) is 5.64. The third-order valence-electron chi connectivity index (χ3n) is 4.02. The van der Waals surface area contributed by atoms with Crippen molar-refractivity contribution in [2.24, 2.45) is 0 Å². The molecule has 2 aromatic rings. The third kappa shape index (κ3) is 4.75. The number of anilines is 2. The zero-order chi connectivity index (χ0) is 19.3. The van der Waals surface area contributed by atoms with Gasteiger partial charge in [-0.1, -0.05) is 29.8 Å². The number of nitrogens with zero attached hydrogens (tertiary/aromatic N) is 1. The van der Waals surface area contributed by atoms with Gasteiger partial charge in [-0.3, -0.25) is 4.79 Å². The molecular formula is C20H25N3O3. The Labute approximate surface area is 154 Å². The average molecular weight is 355 g/mol. The molecule has 0 saturated heterocycles. The first-order valence-corrected chi connectivity index (χ1v) is 8.34. The molecular weight excluding hydrogens is 330 g/mol. The van der Waals surface area contributed by atoms with Crippen LogP contribution in [0.5, 0.6) is 5.75 Å². The Bertz CT molecular complexity index is 795. The van der Waals surface area contributed by atoms with Gasteiger partial charge in [0.05, 0.1) is 12.8 Å². The van der Waals surface area contributed by atoms with E-state index in [2.05, 4.69) is 10.6 Å². The predicted molar refractivity (Wildman–Crippen MR) is 104 cm³/mol. The number of hydrogen-bond acceptors (Lipinski definition) is 3. The van der Waals surface area contributed by atoms with Crippen LogP contribution in [0.3, 0.4) is 0 Å². The largest absolute Gasteiger partial charge is 0.495 e. The Hall–Kier alpha value is -3.02. The molecule has 2 N–H and O–H groups in total. The van der Waals surface area contributed by atoms with Gasteiger partial charge in [0, 0.05) is 12.7 Å². The number of amides is 3. The summed E-state index contributed by atoms with van der Waals surface area (Å²) in [5.74, 6) is 0.308. The minimum atomic E-state index is -0.387. The number of carbonyl (C=O) groups excluding carboxylic acids is 2. The van der Waals surface area contributed by atoms with E-state index in [-0.39, 0.29) is 18.5 Å². The third-order valence-corrected chi connectivity index (χ3v) is 4.02. The summed E-state index contributed by atoms with van der Waals surface area (Å²) in [4.78, 5) is 26.0. The quantitative estimate of drug-likeness (QED) is 0.859. The van der Waals surface area contributed by atoms with Crippen molar-refractivity contribution in [3.63, 3.8) is 0 Å². The highest BCUT2D eigenvalue weighted by molar-refractivity contribution is 5.98. The number of nitrogens with one attached hydrogen (secondary N) is 2. The van der Waals surface area contributed by atoms with E-state index in [1.807, 2.05) is 39.0 Å². The standard InChI is InChI=1S/C20H25N3O3/c1-13-10-14(2)19(15(3)11-13)22-18(24)12-23(4)20(25)21-16-8-6-7-9-17(16)26-5/h6-11H,12H2,1-5H3,(H,21,25)(H,22,24). The Balaban J connectivity index is 1.99. The molecule has 0 atom stereocenters. The lowest BCUT2D eigenvalue weighted by Gasteiger charge is -2.19. The van der Waals surface area contributed by atoms with E-state index in [1.54, 1.807) is 25.2 Å². The molecule has 0 spiro atoms. The van der Waals surface area contributed by atoms with Crippen molar-refractivity contribution in [3.05, 3.63) is 53.1 Å². The molecule has 6 heteroatoms. The Morgan fingerprint density at radius 1 is 1.04 bits per heavy atom. The topological polar surface area (TPSA) is 70.7 Å². The molecule has 0 heterocycles. The van der Waals surface area contributed by atoms with E-state index in [0.29, 0.717) is 11.4 Å². The molecule has 0 saturated carbocycles. The molecule has 0 fully saturated rings. The van der Waals surface area contributed by atoms with Crippen molar-refractivity contribution in [3.8, 4) is 5.75 Å². The van der Waals surface area contributed by atoms with Crippen molar-refractivity contribution in [2.45, 2.75) is 20.8 Å². The summed E-state index contributed by atoms with van der Waals surface area (Å²) in [7, 11) is 3.10. The zero-order valence-corrected chi connectivity index (χ0v) is 15.8. The van der Waals surface area contributed by atoms with Crippen LogP contribution in [0.25, 0.3) is 0 Å². The van der Waals surface area contributed by atoms with E-state index in [4.69, 9.17) is 4.74 Å². The van der Waals surface area contributed by atoms with Crippen LogP contribution in [0.15, 0.2) is 36.4 Å². The lowest BCUT2D eigenvalue weighted by atomic mass is 10.1. The summed E-state index contributed by atoms with van der Waals surface area (Å²) >= 11 is 0. The highest BCUT2D eigenvalue weighted by Crippen LogP contribution is 2.23. The molecule has 6 nitrogen and oxygen atoms in total. The van der Waals surface area contributed by atoms with Crippen molar-refractivity contribution in [2.75, 3.05) is 31.3 Å². The van der Waals surface area contributed by atoms with Gasteiger partial charge in [0.2, 0.25) is 5.91 Å². The van der Waals surface area contributed by atoms with E-state index in [1.165, 1.54) is 12.0 Å². The average Bonchev–Trinajstić information content (AvgIpc) is 2.58. The second-order valence-corrected chi connectivity index (χ2v) is 6.31.